The van der Waals surface area contributed by atoms with Crippen LogP contribution < -0.4 is 4.74 Å². The Bertz CT molecular complexity index is 1430. The van der Waals surface area contributed by atoms with Gasteiger partial charge in [0.15, 0.2) is 0 Å². The van der Waals surface area contributed by atoms with E-state index in [0.717, 1.165) is 53.0 Å². The summed E-state index contributed by atoms with van der Waals surface area (Å²) in [6.07, 6.45) is 7.52. The number of hydrogen-bond donors (Lipinski definition) is 0. The summed E-state index contributed by atoms with van der Waals surface area (Å²) in [5.74, 6) is 2.57. The van der Waals surface area contributed by atoms with Crippen LogP contribution in [0.15, 0.2) is 97.5 Å². The summed E-state index contributed by atoms with van der Waals surface area (Å²) in [4.78, 5) is 26.0. The minimum atomic E-state index is -0.0528. The van der Waals surface area contributed by atoms with Crippen molar-refractivity contribution in [3.05, 3.63) is 120 Å². The van der Waals surface area contributed by atoms with Crippen LogP contribution in [0.3, 0.4) is 0 Å². The number of benzene rings is 2. The molecule has 0 aliphatic carbocycles. The molecule has 2 aromatic carbocycles. The molecule has 2 aromatic heterocycles. The molecular formula is C32H32N4O2S2. The first kappa shape index (κ1) is 27.8. The number of rotatable bonds is 8. The molecule has 1 fully saturated rings. The molecule has 5 rings (SSSR count). The highest BCUT2D eigenvalue weighted by atomic mass is 32.2. The average molecular weight is 569 g/mol. The number of ether oxygens (including phenoxy) is 1. The second kappa shape index (κ2) is 13.5. The lowest BCUT2D eigenvalue weighted by Crippen LogP contribution is -2.35. The Hall–Kier alpha value is -3.75. The quantitative estimate of drug-likeness (QED) is 0.213. The third kappa shape index (κ3) is 7.46. The molecule has 6 nitrogen and oxygen atoms in total. The fourth-order valence-corrected chi connectivity index (χ4v) is 5.98. The normalized spacial score (nSPS) is 13.6. The average Bonchev–Trinajstić information content (AvgIpc) is 3.01. The molecule has 1 aliphatic rings. The summed E-state index contributed by atoms with van der Waals surface area (Å²) in [6.45, 7) is 2.36. The second-order valence-electron chi connectivity index (χ2n) is 9.86. The molecule has 1 aliphatic heterocycles. The van der Waals surface area contributed by atoms with Gasteiger partial charge in [-0.15, -0.1) is 0 Å². The highest BCUT2D eigenvalue weighted by Gasteiger charge is 2.24. The van der Waals surface area contributed by atoms with Gasteiger partial charge in [0, 0.05) is 68.2 Å². The van der Waals surface area contributed by atoms with E-state index in [9.17, 15) is 4.79 Å². The Morgan fingerprint density at radius 3 is 2.45 bits per heavy atom. The molecule has 3 heterocycles. The van der Waals surface area contributed by atoms with Gasteiger partial charge in [-0.25, -0.2) is 0 Å². The van der Waals surface area contributed by atoms with E-state index < -0.39 is 0 Å². The Labute approximate surface area is 245 Å². The Morgan fingerprint density at radius 2 is 1.68 bits per heavy atom. The predicted molar refractivity (Wildman–Crippen MR) is 165 cm³/mol. The number of nitrogens with zero attached hydrogens (tertiary/aromatic N) is 4. The van der Waals surface area contributed by atoms with E-state index in [1.54, 1.807) is 22.7 Å². The highest BCUT2D eigenvalue weighted by Crippen LogP contribution is 2.30. The van der Waals surface area contributed by atoms with E-state index >= 15 is 0 Å². The van der Waals surface area contributed by atoms with Crippen molar-refractivity contribution in [2.24, 2.45) is 0 Å². The van der Waals surface area contributed by atoms with Gasteiger partial charge in [-0.3, -0.25) is 14.8 Å². The summed E-state index contributed by atoms with van der Waals surface area (Å²) >= 11 is 7.43. The number of carbonyl (C=O) groups excluding carboxylic acids is 1. The van der Waals surface area contributed by atoms with Crippen LogP contribution in [0.2, 0.25) is 0 Å². The van der Waals surface area contributed by atoms with E-state index in [2.05, 4.69) is 20.9 Å². The molecule has 40 heavy (non-hydrogen) atoms. The van der Waals surface area contributed by atoms with Crippen LogP contribution >= 0.6 is 24.0 Å². The molecular weight excluding hydrogens is 537 g/mol. The minimum absolute atomic E-state index is 0.0528. The van der Waals surface area contributed by atoms with E-state index in [-0.39, 0.29) is 5.91 Å². The third-order valence-corrected chi connectivity index (χ3v) is 8.55. The third-order valence-electron chi connectivity index (χ3n) is 6.95. The number of thiocarbonyl (C=S) groups is 1. The lowest BCUT2D eigenvalue weighted by molar-refractivity contribution is 0.0784. The van der Waals surface area contributed by atoms with Crippen molar-refractivity contribution in [3.8, 4) is 11.5 Å². The maximum absolute atomic E-state index is 13.2. The highest BCUT2D eigenvalue weighted by molar-refractivity contribution is 8.22. The van der Waals surface area contributed by atoms with Crippen molar-refractivity contribution in [1.29, 1.82) is 0 Å². The lowest BCUT2D eigenvalue weighted by Gasteiger charge is -2.33. The molecule has 0 saturated carbocycles. The van der Waals surface area contributed by atoms with Crippen LogP contribution in [0.25, 0.3) is 0 Å². The molecule has 4 aromatic rings. The van der Waals surface area contributed by atoms with E-state index in [0.29, 0.717) is 23.8 Å². The molecule has 1 amide bonds. The van der Waals surface area contributed by atoms with Gasteiger partial charge in [-0.05, 0) is 78.6 Å². The number of aromatic nitrogens is 2. The molecule has 0 atom stereocenters. The molecule has 0 spiro atoms. The van der Waals surface area contributed by atoms with Crippen LogP contribution in [0, 0.1) is 0 Å². The summed E-state index contributed by atoms with van der Waals surface area (Å²) < 4.78 is 6.87. The van der Waals surface area contributed by atoms with E-state index in [4.69, 9.17) is 17.0 Å². The topological polar surface area (TPSA) is 58.6 Å². The molecule has 0 bridgehead atoms. The number of pyridine rings is 2. The number of piperidine rings is 1. The first-order valence-electron chi connectivity index (χ1n) is 13.4. The first-order valence-corrected chi connectivity index (χ1v) is 14.8. The van der Waals surface area contributed by atoms with Gasteiger partial charge in [-0.2, -0.15) is 0 Å². The SMILES string of the molecule is CN(Cc1ccnc(C2CCN(C(=S)SCc3ccncc3)CC2)c1)C(=O)c1cccc(Oc2ccccc2)c1. The summed E-state index contributed by atoms with van der Waals surface area (Å²) in [7, 11) is 1.83. The predicted octanol–water partition coefficient (Wildman–Crippen LogP) is 6.94. The van der Waals surface area contributed by atoms with Gasteiger partial charge in [0.2, 0.25) is 0 Å². The Morgan fingerprint density at radius 1 is 0.950 bits per heavy atom. The van der Waals surface area contributed by atoms with Crippen molar-refractivity contribution >= 4 is 34.2 Å². The first-order chi connectivity index (χ1) is 19.5. The fourth-order valence-electron chi connectivity index (χ4n) is 4.77. The Kier molecular flexibility index (Phi) is 9.42. The number of amides is 1. The van der Waals surface area contributed by atoms with Gasteiger partial charge in [0.1, 0.15) is 15.8 Å². The van der Waals surface area contributed by atoms with Crippen LogP contribution in [-0.2, 0) is 12.3 Å². The molecule has 8 heteroatoms. The number of hydrogen-bond acceptors (Lipinski definition) is 6. The van der Waals surface area contributed by atoms with E-state index in [1.165, 1.54) is 5.56 Å². The second-order valence-corrected chi connectivity index (χ2v) is 11.5. The van der Waals surface area contributed by atoms with Gasteiger partial charge < -0.3 is 14.5 Å². The van der Waals surface area contributed by atoms with Crippen LogP contribution in [-0.4, -0.2) is 50.1 Å². The maximum atomic E-state index is 13.2. The zero-order valence-corrected chi connectivity index (χ0v) is 24.1. The number of para-hydroxylation sites is 1. The van der Waals surface area contributed by atoms with Crippen LogP contribution in [0.1, 0.15) is 45.9 Å². The molecule has 0 unspecified atom stereocenters. The van der Waals surface area contributed by atoms with Crippen molar-refractivity contribution in [3.63, 3.8) is 0 Å². The Balaban J connectivity index is 1.14. The van der Waals surface area contributed by atoms with Crippen molar-refractivity contribution in [2.75, 3.05) is 20.1 Å². The molecule has 0 N–H and O–H groups in total. The van der Waals surface area contributed by atoms with Gasteiger partial charge in [0.05, 0.1) is 0 Å². The monoisotopic (exact) mass is 568 g/mol. The lowest BCUT2D eigenvalue weighted by atomic mass is 9.92. The fraction of sp³-hybridized carbons (Fsp3) is 0.250. The summed E-state index contributed by atoms with van der Waals surface area (Å²) in [5.41, 5.74) is 3.99. The van der Waals surface area contributed by atoms with Gasteiger partial charge in [0.25, 0.3) is 5.91 Å². The number of thioether (sulfide) groups is 1. The standard InChI is InChI=1S/C32H32N4O2S2/c1-35(31(37)27-6-5-9-29(21-27)38-28-7-3-2-4-8-28)22-25-12-17-34-30(20-25)26-13-18-36(19-14-26)32(39)40-23-24-10-15-33-16-11-24/h2-12,15-17,20-21,26H,13-14,18-19,22-23H2,1H3. The zero-order chi connectivity index (χ0) is 27.7. The smallest absolute Gasteiger partial charge is 0.254 e. The number of carbonyl (C=O) groups is 1. The summed E-state index contributed by atoms with van der Waals surface area (Å²) in [6, 6.07) is 25.1. The minimum Gasteiger partial charge on any atom is -0.457 e. The van der Waals surface area contributed by atoms with Crippen molar-refractivity contribution < 1.29 is 9.53 Å². The van der Waals surface area contributed by atoms with Crippen molar-refractivity contribution in [2.45, 2.75) is 31.1 Å². The van der Waals surface area contributed by atoms with Crippen molar-refractivity contribution in [1.82, 2.24) is 19.8 Å². The zero-order valence-electron chi connectivity index (χ0n) is 22.5. The van der Waals surface area contributed by atoms with Crippen LogP contribution in [0.5, 0.6) is 11.5 Å². The maximum Gasteiger partial charge on any atom is 0.254 e. The number of likely N-dealkylation sites (tertiary alicyclic amines) is 1. The summed E-state index contributed by atoms with van der Waals surface area (Å²) in [5, 5.41) is 0. The molecule has 204 valence electrons. The van der Waals surface area contributed by atoms with Crippen LogP contribution in [0.4, 0.5) is 0 Å². The largest absolute Gasteiger partial charge is 0.457 e. The van der Waals surface area contributed by atoms with E-state index in [1.807, 2.05) is 92.4 Å². The molecule has 0 radical (unpaired) electrons. The van der Waals surface area contributed by atoms with Gasteiger partial charge >= 0.3 is 0 Å². The molecule has 1 saturated heterocycles. The van der Waals surface area contributed by atoms with Gasteiger partial charge in [-0.1, -0.05) is 48.2 Å².